The Kier molecular flexibility index (Phi) is 5.60. The van der Waals surface area contributed by atoms with E-state index in [9.17, 15) is 9.59 Å². The van der Waals surface area contributed by atoms with Crippen LogP contribution < -0.4 is 10.2 Å². The number of hydrogen-bond acceptors (Lipinski definition) is 4. The van der Waals surface area contributed by atoms with Crippen molar-refractivity contribution in [3.05, 3.63) is 63.5 Å². The van der Waals surface area contributed by atoms with Gasteiger partial charge in [-0.15, -0.1) is 0 Å². The molecule has 2 aromatic carbocycles. The van der Waals surface area contributed by atoms with Crippen molar-refractivity contribution in [3.63, 3.8) is 0 Å². The largest absolute Gasteiger partial charge is 0.326 e. The molecule has 1 aliphatic rings. The number of halogens is 1. The average Bonchev–Trinajstić information content (AvgIpc) is 2.90. The maximum Gasteiger partial charge on any atom is 0.271 e. The summed E-state index contributed by atoms with van der Waals surface area (Å²) >= 11 is 10.1. The molecule has 26 heavy (non-hydrogen) atoms. The molecule has 132 valence electrons. The fourth-order valence-corrected chi connectivity index (χ4v) is 4.16. The quantitative estimate of drug-likeness (QED) is 0.519. The summed E-state index contributed by atoms with van der Waals surface area (Å²) in [6.45, 7) is 3.38. The Morgan fingerprint density at radius 3 is 2.27 bits per heavy atom. The van der Waals surface area contributed by atoms with Crippen molar-refractivity contribution in [2.75, 3.05) is 10.2 Å². The lowest BCUT2D eigenvalue weighted by atomic mass is 10.1. The SMILES string of the molecule is CC(=O)Nc1ccc(N2C(=O)/C(=C(\C)c3ccc(Br)cc3)SC2=S)cc1. The van der Waals surface area contributed by atoms with Crippen LogP contribution in [0, 0.1) is 0 Å². The van der Waals surface area contributed by atoms with Crippen LogP contribution in [0.3, 0.4) is 0 Å². The fourth-order valence-electron chi connectivity index (χ4n) is 2.55. The third-order valence-corrected chi connectivity index (χ3v) is 5.84. The first-order chi connectivity index (χ1) is 12.4. The lowest BCUT2D eigenvalue weighted by Gasteiger charge is -2.15. The molecular weight excluding hydrogens is 432 g/mol. The van der Waals surface area contributed by atoms with Gasteiger partial charge in [0.15, 0.2) is 4.32 Å². The number of hydrogen-bond donors (Lipinski definition) is 1. The summed E-state index contributed by atoms with van der Waals surface area (Å²) in [5, 5.41) is 2.70. The van der Waals surface area contributed by atoms with Gasteiger partial charge in [0.1, 0.15) is 0 Å². The molecule has 0 aliphatic carbocycles. The zero-order valence-corrected chi connectivity index (χ0v) is 17.3. The van der Waals surface area contributed by atoms with E-state index in [0.717, 1.165) is 15.6 Å². The van der Waals surface area contributed by atoms with Crippen molar-refractivity contribution in [3.8, 4) is 0 Å². The van der Waals surface area contributed by atoms with Crippen LogP contribution in [0.5, 0.6) is 0 Å². The Balaban J connectivity index is 1.90. The highest BCUT2D eigenvalue weighted by molar-refractivity contribution is 9.10. The van der Waals surface area contributed by atoms with Crippen molar-refractivity contribution in [2.45, 2.75) is 13.8 Å². The highest BCUT2D eigenvalue weighted by atomic mass is 79.9. The summed E-state index contributed by atoms with van der Waals surface area (Å²) in [6.07, 6.45) is 0. The molecule has 1 aliphatic heterocycles. The summed E-state index contributed by atoms with van der Waals surface area (Å²) in [6, 6.07) is 14.9. The molecule has 3 rings (SSSR count). The number of carbonyl (C=O) groups is 2. The maximum absolute atomic E-state index is 12.9. The van der Waals surface area contributed by atoms with E-state index in [1.807, 2.05) is 31.2 Å². The molecule has 4 nitrogen and oxygen atoms in total. The molecule has 2 aromatic rings. The van der Waals surface area contributed by atoms with Crippen LogP contribution in [0.1, 0.15) is 19.4 Å². The molecule has 1 fully saturated rings. The smallest absolute Gasteiger partial charge is 0.271 e. The number of rotatable bonds is 3. The van der Waals surface area contributed by atoms with E-state index in [0.29, 0.717) is 20.6 Å². The molecule has 0 atom stereocenters. The number of nitrogens with zero attached hydrogens (tertiary/aromatic N) is 1. The van der Waals surface area contributed by atoms with Gasteiger partial charge < -0.3 is 5.32 Å². The van der Waals surface area contributed by atoms with E-state index in [1.54, 1.807) is 24.3 Å². The number of nitrogens with one attached hydrogen (secondary N) is 1. The van der Waals surface area contributed by atoms with Gasteiger partial charge in [0.2, 0.25) is 5.91 Å². The van der Waals surface area contributed by atoms with Gasteiger partial charge >= 0.3 is 0 Å². The molecule has 7 heteroatoms. The third kappa shape index (κ3) is 3.90. The van der Waals surface area contributed by atoms with E-state index in [2.05, 4.69) is 21.2 Å². The normalized spacial score (nSPS) is 16.0. The van der Waals surface area contributed by atoms with Crippen LogP contribution in [-0.4, -0.2) is 16.1 Å². The fraction of sp³-hybridized carbons (Fsp3) is 0.105. The number of anilines is 2. The van der Waals surface area contributed by atoms with Gasteiger partial charge in [-0.3, -0.25) is 14.5 Å². The van der Waals surface area contributed by atoms with Gasteiger partial charge in [0.25, 0.3) is 5.91 Å². The molecule has 1 N–H and O–H groups in total. The lowest BCUT2D eigenvalue weighted by molar-refractivity contribution is -0.114. The Morgan fingerprint density at radius 2 is 1.69 bits per heavy atom. The van der Waals surface area contributed by atoms with Crippen molar-refractivity contribution in [1.29, 1.82) is 0 Å². The summed E-state index contributed by atoms with van der Waals surface area (Å²) in [5.74, 6) is -0.274. The second-order valence-electron chi connectivity index (χ2n) is 5.70. The Morgan fingerprint density at radius 1 is 1.08 bits per heavy atom. The summed E-state index contributed by atoms with van der Waals surface area (Å²) < 4.78 is 1.48. The van der Waals surface area contributed by atoms with Crippen LogP contribution in [-0.2, 0) is 9.59 Å². The zero-order chi connectivity index (χ0) is 18.8. The number of allylic oxidation sites excluding steroid dienone is 1. The summed E-state index contributed by atoms with van der Waals surface area (Å²) in [5.41, 5.74) is 3.23. The van der Waals surface area contributed by atoms with Crippen LogP contribution in [0.4, 0.5) is 11.4 Å². The molecule has 1 heterocycles. The van der Waals surface area contributed by atoms with Crippen molar-refractivity contribution >= 4 is 73.0 Å². The lowest BCUT2D eigenvalue weighted by Crippen LogP contribution is -2.27. The Hall–Kier alpha value is -1.96. The van der Waals surface area contributed by atoms with Crippen molar-refractivity contribution in [1.82, 2.24) is 0 Å². The number of carbonyl (C=O) groups excluding carboxylic acids is 2. The Labute approximate surface area is 169 Å². The Bertz CT molecular complexity index is 922. The zero-order valence-electron chi connectivity index (χ0n) is 14.1. The van der Waals surface area contributed by atoms with Gasteiger partial charge in [-0.25, -0.2) is 0 Å². The van der Waals surface area contributed by atoms with Gasteiger partial charge in [0.05, 0.1) is 10.6 Å². The number of benzene rings is 2. The van der Waals surface area contributed by atoms with Gasteiger partial charge in [0, 0.05) is 17.1 Å². The first-order valence-corrected chi connectivity index (χ1v) is 9.79. The molecule has 0 saturated carbocycles. The van der Waals surface area contributed by atoms with Crippen molar-refractivity contribution < 1.29 is 9.59 Å². The molecule has 0 spiro atoms. The predicted molar refractivity (Wildman–Crippen MR) is 115 cm³/mol. The van der Waals surface area contributed by atoms with Crippen LogP contribution >= 0.6 is 39.9 Å². The van der Waals surface area contributed by atoms with Gasteiger partial charge in [-0.1, -0.05) is 52.0 Å². The topological polar surface area (TPSA) is 49.4 Å². The molecule has 2 amide bonds. The molecule has 0 unspecified atom stereocenters. The minimum atomic E-state index is -0.142. The number of thiocarbonyl (C=S) groups is 1. The molecule has 1 saturated heterocycles. The average molecular weight is 447 g/mol. The molecule has 0 aromatic heterocycles. The van der Waals surface area contributed by atoms with E-state index < -0.39 is 0 Å². The van der Waals surface area contributed by atoms with Gasteiger partial charge in [-0.05, 0) is 54.5 Å². The standard InChI is InChI=1S/C19H15BrN2O2S2/c1-11(13-3-5-14(20)6-4-13)17-18(24)22(19(25)26-17)16-9-7-15(8-10-16)21-12(2)23/h3-10H,1-2H3,(H,21,23)/b17-11-. The van der Waals surface area contributed by atoms with E-state index in [-0.39, 0.29) is 11.8 Å². The van der Waals surface area contributed by atoms with E-state index in [1.165, 1.54) is 23.6 Å². The maximum atomic E-state index is 12.9. The summed E-state index contributed by atoms with van der Waals surface area (Å²) in [4.78, 5) is 26.2. The van der Waals surface area contributed by atoms with Crippen LogP contribution in [0.25, 0.3) is 5.57 Å². The molecule has 0 bridgehead atoms. The second kappa shape index (κ2) is 7.73. The predicted octanol–water partition coefficient (Wildman–Crippen LogP) is 5.20. The molecule has 0 radical (unpaired) electrons. The first-order valence-electron chi connectivity index (χ1n) is 7.77. The van der Waals surface area contributed by atoms with Crippen LogP contribution in [0.2, 0.25) is 0 Å². The summed E-state index contributed by atoms with van der Waals surface area (Å²) in [7, 11) is 0. The monoisotopic (exact) mass is 446 g/mol. The van der Waals surface area contributed by atoms with Crippen LogP contribution in [0.15, 0.2) is 57.9 Å². The second-order valence-corrected chi connectivity index (χ2v) is 8.26. The minimum Gasteiger partial charge on any atom is -0.326 e. The molecular formula is C19H15BrN2O2S2. The number of amides is 2. The highest BCUT2D eigenvalue weighted by Gasteiger charge is 2.34. The number of thioether (sulfide) groups is 1. The van der Waals surface area contributed by atoms with Gasteiger partial charge in [-0.2, -0.15) is 0 Å². The third-order valence-electron chi connectivity index (χ3n) is 3.83. The minimum absolute atomic E-state index is 0.132. The first kappa shape index (κ1) is 18.8. The van der Waals surface area contributed by atoms with E-state index >= 15 is 0 Å². The van der Waals surface area contributed by atoms with E-state index in [4.69, 9.17) is 12.2 Å². The highest BCUT2D eigenvalue weighted by Crippen LogP contribution is 2.39. The van der Waals surface area contributed by atoms with Crippen molar-refractivity contribution in [2.24, 2.45) is 0 Å².